The average molecular weight is 569 g/mol. The molecule has 0 aliphatic carbocycles. The molecule has 0 bridgehead atoms. The fourth-order valence-corrected chi connectivity index (χ4v) is 4.64. The molecule has 1 aliphatic heterocycles. The van der Waals surface area contributed by atoms with Crippen LogP contribution < -0.4 is 26.3 Å². The van der Waals surface area contributed by atoms with Crippen molar-refractivity contribution in [3.05, 3.63) is 58.7 Å². The first kappa shape index (κ1) is 31.9. The summed E-state index contributed by atoms with van der Waals surface area (Å²) < 4.78 is 16.8. The van der Waals surface area contributed by atoms with Crippen molar-refractivity contribution in [2.24, 2.45) is 17.4 Å². The number of fused-ring (bicyclic) bond motifs is 1. The molecule has 1 heterocycles. The third-order valence-electron chi connectivity index (χ3n) is 6.86. The molecule has 2 aromatic carbocycles. The predicted octanol–water partition coefficient (Wildman–Crippen LogP) is 3.51. The van der Waals surface area contributed by atoms with Crippen molar-refractivity contribution < 1.29 is 28.6 Å². The first-order chi connectivity index (χ1) is 19.6. The van der Waals surface area contributed by atoms with Crippen LogP contribution in [0.15, 0.2) is 36.4 Å². The molecule has 10 heteroatoms. The lowest BCUT2D eigenvalue weighted by Gasteiger charge is -2.25. The number of carbonyl (C=O) groups excluding carboxylic acids is 3. The molecular weight excluding hydrogens is 524 g/mol. The number of ether oxygens (including phenoxy) is 3. The van der Waals surface area contributed by atoms with Crippen LogP contribution >= 0.6 is 0 Å². The second kappa shape index (κ2) is 15.4. The molecule has 224 valence electrons. The monoisotopic (exact) mass is 568 g/mol. The van der Waals surface area contributed by atoms with Crippen LogP contribution in [-0.2, 0) is 11.2 Å². The van der Waals surface area contributed by atoms with Crippen LogP contribution in [0.25, 0.3) is 0 Å². The number of benzene rings is 2. The number of primary amides is 1. The van der Waals surface area contributed by atoms with Crippen molar-refractivity contribution >= 4 is 17.8 Å². The second-order valence-electron chi connectivity index (χ2n) is 10.8. The van der Waals surface area contributed by atoms with Crippen LogP contribution in [0.1, 0.15) is 83.6 Å². The van der Waals surface area contributed by atoms with E-state index < -0.39 is 24.0 Å². The number of nitrogens with one attached hydrogen (secondary N) is 1. The van der Waals surface area contributed by atoms with Crippen LogP contribution in [0.2, 0.25) is 0 Å². The zero-order chi connectivity index (χ0) is 29.9. The van der Waals surface area contributed by atoms with E-state index in [0.29, 0.717) is 43.5 Å². The van der Waals surface area contributed by atoms with Crippen molar-refractivity contribution in [2.75, 3.05) is 33.0 Å². The summed E-state index contributed by atoms with van der Waals surface area (Å²) in [7, 11) is 0. The number of amides is 2. The van der Waals surface area contributed by atoms with Gasteiger partial charge in [-0.1, -0.05) is 33.8 Å². The minimum Gasteiger partial charge on any atom is -0.456 e. The lowest BCUT2D eigenvalue weighted by atomic mass is 10.0. The number of esters is 1. The van der Waals surface area contributed by atoms with Gasteiger partial charge in [0.15, 0.2) is 11.5 Å². The number of rotatable bonds is 16. The number of hydrogen-bond donors (Lipinski definition) is 3. The Morgan fingerprint density at radius 2 is 1.63 bits per heavy atom. The largest absolute Gasteiger partial charge is 0.456 e. The normalized spacial score (nSPS) is 13.6. The zero-order valence-electron chi connectivity index (χ0n) is 24.6. The first-order valence-electron chi connectivity index (χ1n) is 14.4. The van der Waals surface area contributed by atoms with Gasteiger partial charge in [-0.15, -0.1) is 0 Å². The lowest BCUT2D eigenvalue weighted by molar-refractivity contribution is 0.0238. The molecule has 0 unspecified atom stereocenters. The average Bonchev–Trinajstić information content (AvgIpc) is 3.41. The Labute approximate surface area is 242 Å². The fourth-order valence-electron chi connectivity index (χ4n) is 4.64. The van der Waals surface area contributed by atoms with Crippen LogP contribution in [-0.4, -0.2) is 67.8 Å². The summed E-state index contributed by atoms with van der Waals surface area (Å²) in [6.45, 7) is 10.6. The molecule has 0 saturated heterocycles. The summed E-state index contributed by atoms with van der Waals surface area (Å²) in [5.74, 6) is 0.153. The van der Waals surface area contributed by atoms with Crippen molar-refractivity contribution in [1.82, 2.24) is 10.2 Å². The van der Waals surface area contributed by atoms with Crippen LogP contribution in [0.3, 0.4) is 0 Å². The van der Waals surface area contributed by atoms with Crippen molar-refractivity contribution in [1.29, 1.82) is 0 Å². The summed E-state index contributed by atoms with van der Waals surface area (Å²) in [5, 5.41) is 3.35. The van der Waals surface area contributed by atoms with Gasteiger partial charge in [-0.2, -0.15) is 0 Å². The molecule has 2 aromatic rings. The van der Waals surface area contributed by atoms with E-state index in [-0.39, 0.29) is 29.4 Å². The highest BCUT2D eigenvalue weighted by Crippen LogP contribution is 2.33. The number of nitrogens with zero attached hydrogens (tertiary/aromatic N) is 1. The van der Waals surface area contributed by atoms with E-state index in [4.69, 9.17) is 25.7 Å². The van der Waals surface area contributed by atoms with E-state index in [1.54, 1.807) is 4.90 Å². The van der Waals surface area contributed by atoms with Gasteiger partial charge < -0.3 is 35.9 Å². The predicted molar refractivity (Wildman–Crippen MR) is 157 cm³/mol. The molecule has 0 saturated carbocycles. The van der Waals surface area contributed by atoms with Gasteiger partial charge in [0.05, 0.1) is 5.56 Å². The molecule has 41 heavy (non-hydrogen) atoms. The Morgan fingerprint density at radius 3 is 2.29 bits per heavy atom. The van der Waals surface area contributed by atoms with Gasteiger partial charge in [0.2, 0.25) is 12.7 Å². The highest BCUT2D eigenvalue weighted by Gasteiger charge is 2.26. The van der Waals surface area contributed by atoms with Gasteiger partial charge in [-0.25, -0.2) is 4.79 Å². The van der Waals surface area contributed by atoms with E-state index >= 15 is 0 Å². The third kappa shape index (κ3) is 9.19. The summed E-state index contributed by atoms with van der Waals surface area (Å²) in [6, 6.07) is 9.32. The van der Waals surface area contributed by atoms with Gasteiger partial charge >= 0.3 is 5.97 Å². The lowest BCUT2D eigenvalue weighted by Crippen LogP contribution is -2.46. The van der Waals surface area contributed by atoms with Gasteiger partial charge in [-0.3, -0.25) is 9.59 Å². The zero-order valence-corrected chi connectivity index (χ0v) is 24.6. The molecule has 2 atom stereocenters. The number of carbonyl (C=O) groups is 3. The van der Waals surface area contributed by atoms with E-state index in [9.17, 15) is 14.4 Å². The molecule has 0 aromatic heterocycles. The third-order valence-corrected chi connectivity index (χ3v) is 6.86. The molecule has 0 spiro atoms. The van der Waals surface area contributed by atoms with Gasteiger partial charge in [0.25, 0.3) is 5.91 Å². The van der Waals surface area contributed by atoms with Crippen LogP contribution in [0.5, 0.6) is 11.5 Å². The smallest absolute Gasteiger partial charge is 0.338 e. The van der Waals surface area contributed by atoms with Gasteiger partial charge in [0, 0.05) is 36.8 Å². The van der Waals surface area contributed by atoms with E-state index in [2.05, 4.69) is 19.2 Å². The van der Waals surface area contributed by atoms with Crippen molar-refractivity contribution in [3.63, 3.8) is 0 Å². The first-order valence-corrected chi connectivity index (χ1v) is 14.4. The van der Waals surface area contributed by atoms with Crippen LogP contribution in [0, 0.1) is 5.92 Å². The highest BCUT2D eigenvalue weighted by atomic mass is 16.7. The molecular formula is C31H44N4O6. The minimum absolute atomic E-state index is 0.0620. The quantitative estimate of drug-likeness (QED) is 0.206. The topological polar surface area (TPSA) is 146 Å². The molecule has 3 rings (SSSR count). The number of nitrogens with two attached hydrogens (primary N) is 2. The van der Waals surface area contributed by atoms with Gasteiger partial charge in [0.1, 0.15) is 6.10 Å². The van der Waals surface area contributed by atoms with Crippen molar-refractivity contribution in [2.45, 2.75) is 65.5 Å². The Balaban J connectivity index is 1.83. The van der Waals surface area contributed by atoms with Crippen molar-refractivity contribution in [3.8, 4) is 11.5 Å². The Morgan fingerprint density at radius 1 is 0.976 bits per heavy atom. The fraction of sp³-hybridized carbons (Fsp3) is 0.516. The van der Waals surface area contributed by atoms with E-state index in [1.165, 1.54) is 18.2 Å². The molecule has 10 nitrogen and oxygen atoms in total. The minimum atomic E-state index is -0.738. The molecule has 0 fully saturated rings. The molecule has 5 N–H and O–H groups in total. The maximum Gasteiger partial charge on any atom is 0.338 e. The summed E-state index contributed by atoms with van der Waals surface area (Å²) in [6.07, 6.45) is 2.25. The van der Waals surface area contributed by atoms with E-state index in [0.717, 1.165) is 31.4 Å². The Bertz CT molecular complexity index is 1200. The summed E-state index contributed by atoms with van der Waals surface area (Å²) in [5.41, 5.74) is 13.4. The van der Waals surface area contributed by atoms with Crippen LogP contribution in [0.4, 0.5) is 0 Å². The Hall–Kier alpha value is -3.63. The standard InChI is InChI=1S/C31H44N4O6/c1-5-11-35(12-6-2)30(37)23-15-22(29(33)36)16-24(17-23)31(38)41-28(18-34-10-9-20(3)4)25(32)13-21-7-8-26-27(14-21)40-19-39-26/h7-8,14-17,20,25,28,34H,5-6,9-13,18-19,32H2,1-4H3,(H2,33,36)/t25-,28+/m0/s1. The molecule has 2 amide bonds. The highest BCUT2D eigenvalue weighted by molar-refractivity contribution is 6.03. The SMILES string of the molecule is CCCN(CCC)C(=O)c1cc(C(N)=O)cc(C(=O)O[C@H](CNCCC(C)C)[C@@H](N)Cc2ccc3c(c2)OCO3)c1. The maximum atomic E-state index is 13.5. The summed E-state index contributed by atoms with van der Waals surface area (Å²) in [4.78, 5) is 40.6. The number of hydrogen-bond acceptors (Lipinski definition) is 8. The van der Waals surface area contributed by atoms with Gasteiger partial charge in [-0.05, 0) is 74.0 Å². The maximum absolute atomic E-state index is 13.5. The second-order valence-corrected chi connectivity index (χ2v) is 10.8. The molecule has 1 aliphatic rings. The Kier molecular flexibility index (Phi) is 12.0. The molecule has 0 radical (unpaired) electrons. The van der Waals surface area contributed by atoms with E-state index in [1.807, 2.05) is 32.0 Å². The summed E-state index contributed by atoms with van der Waals surface area (Å²) >= 11 is 0.